The van der Waals surface area contributed by atoms with E-state index in [1.807, 2.05) is 23.6 Å². The molecule has 2 aromatic heterocycles. The summed E-state index contributed by atoms with van der Waals surface area (Å²) >= 11 is 0. The molecule has 2 heterocycles. The number of hydrogen-bond acceptors (Lipinski definition) is 8. The van der Waals surface area contributed by atoms with Crippen molar-refractivity contribution in [3.05, 3.63) is 72.6 Å². The minimum atomic E-state index is -0.623. The number of hydrogen-bond donors (Lipinski definition) is 4. The number of nitrogens with one attached hydrogen (secondary N) is 4. The first-order valence-electron chi connectivity index (χ1n) is 22.4. The molecular formula is C48H62N8O6. The van der Waals surface area contributed by atoms with Gasteiger partial charge in [-0.3, -0.25) is 9.59 Å². The SMILES string of the molecule is CC[C@H](C)N(Cc1ncc(-c2ccc(-c3ccc(-c4cnc(CN(C(=O)C(NC(=O)OC)C5CC6(CC6)C5)[C@@H](C)CC)[nH]4)cc3)cc2)[nH]1)C(=O)C(NC(=O)OC)C1CC2(CC2)C1. The Bertz CT molecular complexity index is 2070. The van der Waals surface area contributed by atoms with Crippen LogP contribution in [0.15, 0.2) is 60.9 Å². The summed E-state index contributed by atoms with van der Waals surface area (Å²) in [6.07, 6.45) is 12.7. The largest absolute Gasteiger partial charge is 0.453 e. The van der Waals surface area contributed by atoms with Gasteiger partial charge in [0.2, 0.25) is 11.8 Å². The van der Waals surface area contributed by atoms with Crippen molar-refractivity contribution in [2.45, 2.75) is 129 Å². The average Bonchev–Trinajstić information content (AvgIpc) is 4.16. The lowest BCUT2D eigenvalue weighted by Gasteiger charge is -2.42. The van der Waals surface area contributed by atoms with Gasteiger partial charge >= 0.3 is 12.2 Å². The molecule has 0 radical (unpaired) electrons. The van der Waals surface area contributed by atoms with Gasteiger partial charge in [0.15, 0.2) is 0 Å². The Labute approximate surface area is 364 Å². The summed E-state index contributed by atoms with van der Waals surface area (Å²) in [5, 5.41) is 5.72. The molecule has 2 spiro atoms. The Morgan fingerprint density at radius 2 is 0.968 bits per heavy atom. The van der Waals surface area contributed by atoms with E-state index < -0.39 is 24.3 Å². The molecule has 4 aliphatic carbocycles. The highest BCUT2D eigenvalue weighted by Crippen LogP contribution is 2.65. The number of alkyl carbamates (subject to hydrolysis) is 2. The van der Waals surface area contributed by atoms with Crippen LogP contribution in [0.25, 0.3) is 33.6 Å². The van der Waals surface area contributed by atoms with Crippen LogP contribution in [-0.4, -0.2) is 92.1 Å². The van der Waals surface area contributed by atoms with Gasteiger partial charge in [0.25, 0.3) is 0 Å². The highest BCUT2D eigenvalue weighted by atomic mass is 16.5. The molecule has 4 atom stereocenters. The van der Waals surface area contributed by atoms with Crippen LogP contribution < -0.4 is 10.6 Å². The second kappa shape index (κ2) is 17.6. The third kappa shape index (κ3) is 9.10. The van der Waals surface area contributed by atoms with Gasteiger partial charge in [-0.15, -0.1) is 0 Å². The standard InChI is InChI=1S/C48H62N8O6/c1-7-29(3)55(43(57)41(53-45(59)61-5)35-21-47(22-35)17-18-47)27-39-49-25-37(51-39)33-13-9-31(10-14-33)32-11-15-34(16-12-32)38-26-50-40(52-38)28-56(30(4)8-2)44(58)42(54-46(60)62-6)36-23-48(24-36)19-20-48/h9-16,25-26,29-30,35-36,41-42H,7-8,17-24,27-28H2,1-6H3,(H,49,51)(H,50,52)(H,53,59)(H,54,60)/t29-,30-,41?,42?/m0/s1. The molecule has 4 saturated carbocycles. The highest BCUT2D eigenvalue weighted by Gasteiger charge is 2.57. The number of aromatic amines is 2. The molecule has 4 N–H and O–H groups in total. The molecule has 14 heteroatoms. The van der Waals surface area contributed by atoms with E-state index in [0.717, 1.165) is 72.2 Å². The number of rotatable bonds is 17. The quantitative estimate of drug-likeness (QED) is 0.0823. The van der Waals surface area contributed by atoms with E-state index >= 15 is 0 Å². The normalized spacial score (nSPS) is 19.9. The molecule has 330 valence electrons. The second-order valence-electron chi connectivity index (χ2n) is 18.7. The third-order valence-corrected chi connectivity index (χ3v) is 14.5. The van der Waals surface area contributed by atoms with Gasteiger partial charge in [-0.1, -0.05) is 62.4 Å². The van der Waals surface area contributed by atoms with Gasteiger partial charge < -0.3 is 39.9 Å². The fourth-order valence-corrected chi connectivity index (χ4v) is 9.77. The lowest BCUT2D eigenvalue weighted by molar-refractivity contribution is -0.140. The molecule has 62 heavy (non-hydrogen) atoms. The molecule has 0 saturated heterocycles. The predicted octanol–water partition coefficient (Wildman–Crippen LogP) is 8.22. The number of carbonyl (C=O) groups is 4. The number of H-pyrrole nitrogens is 2. The Morgan fingerprint density at radius 3 is 1.27 bits per heavy atom. The fraction of sp³-hybridized carbons (Fsp3) is 0.542. The smallest absolute Gasteiger partial charge is 0.407 e. The first-order chi connectivity index (χ1) is 29.9. The van der Waals surface area contributed by atoms with Crippen molar-refractivity contribution in [2.75, 3.05) is 14.2 Å². The van der Waals surface area contributed by atoms with E-state index in [1.165, 1.54) is 39.9 Å². The number of aromatic nitrogens is 4. The average molecular weight is 847 g/mol. The number of ether oxygens (including phenoxy) is 2. The van der Waals surface area contributed by atoms with Crippen LogP contribution in [0.5, 0.6) is 0 Å². The van der Waals surface area contributed by atoms with Gasteiger partial charge in [0, 0.05) is 12.1 Å². The molecule has 4 aliphatic rings. The summed E-state index contributed by atoms with van der Waals surface area (Å²) in [5.41, 5.74) is 6.54. The van der Waals surface area contributed by atoms with E-state index in [-0.39, 0.29) is 35.7 Å². The number of imidazole rings is 2. The van der Waals surface area contributed by atoms with E-state index in [0.29, 0.717) is 35.6 Å². The molecule has 8 rings (SSSR count). The molecule has 4 amide bonds. The minimum absolute atomic E-state index is 0.0490. The maximum absolute atomic E-state index is 14.1. The fourth-order valence-electron chi connectivity index (χ4n) is 9.77. The lowest BCUT2D eigenvalue weighted by atomic mass is 9.68. The van der Waals surface area contributed by atoms with Gasteiger partial charge in [0.05, 0.1) is 51.1 Å². The molecular weight excluding hydrogens is 785 g/mol. The zero-order chi connectivity index (χ0) is 43.8. The zero-order valence-electron chi connectivity index (χ0n) is 37.0. The summed E-state index contributed by atoms with van der Waals surface area (Å²) in [5.74, 6) is 1.38. The Kier molecular flexibility index (Phi) is 12.2. The molecule has 2 aromatic carbocycles. The summed E-state index contributed by atoms with van der Waals surface area (Å²) in [6, 6.07) is 15.2. The van der Waals surface area contributed by atoms with Crippen molar-refractivity contribution in [1.82, 2.24) is 40.4 Å². The molecule has 14 nitrogen and oxygen atoms in total. The van der Waals surface area contributed by atoms with Crippen molar-refractivity contribution >= 4 is 24.0 Å². The second-order valence-corrected chi connectivity index (χ2v) is 18.7. The number of methoxy groups -OCH3 is 2. The van der Waals surface area contributed by atoms with Crippen LogP contribution in [-0.2, 0) is 32.2 Å². The molecule has 2 unspecified atom stereocenters. The molecule has 4 fully saturated rings. The Hall–Kier alpha value is -5.66. The summed E-state index contributed by atoms with van der Waals surface area (Å²) in [4.78, 5) is 72.7. The maximum atomic E-state index is 14.1. The van der Waals surface area contributed by atoms with Crippen molar-refractivity contribution in [1.29, 1.82) is 0 Å². The van der Waals surface area contributed by atoms with E-state index in [1.54, 1.807) is 12.4 Å². The number of carbonyl (C=O) groups excluding carboxylic acids is 4. The summed E-state index contributed by atoms with van der Waals surface area (Å²) in [7, 11) is 2.66. The van der Waals surface area contributed by atoms with E-state index in [9.17, 15) is 19.2 Å². The van der Waals surface area contributed by atoms with Crippen LogP contribution in [0.4, 0.5) is 9.59 Å². The van der Waals surface area contributed by atoms with Crippen LogP contribution in [0.2, 0.25) is 0 Å². The van der Waals surface area contributed by atoms with Crippen LogP contribution in [0.1, 0.15) is 104 Å². The van der Waals surface area contributed by atoms with Crippen molar-refractivity contribution < 1.29 is 28.7 Å². The summed E-state index contributed by atoms with van der Waals surface area (Å²) in [6.45, 7) is 8.79. The third-order valence-electron chi connectivity index (χ3n) is 14.5. The van der Waals surface area contributed by atoms with Gasteiger partial charge in [-0.25, -0.2) is 19.6 Å². The highest BCUT2D eigenvalue weighted by molar-refractivity contribution is 5.87. The van der Waals surface area contributed by atoms with E-state index in [2.05, 4.69) is 92.9 Å². The van der Waals surface area contributed by atoms with Crippen LogP contribution in [0, 0.1) is 22.7 Å². The molecule has 0 bridgehead atoms. The zero-order valence-corrected chi connectivity index (χ0v) is 37.0. The van der Waals surface area contributed by atoms with Gasteiger partial charge in [-0.05, 0) is 123 Å². The van der Waals surface area contributed by atoms with Crippen molar-refractivity contribution in [3.63, 3.8) is 0 Å². The van der Waals surface area contributed by atoms with Crippen molar-refractivity contribution in [2.24, 2.45) is 22.7 Å². The predicted molar refractivity (Wildman–Crippen MR) is 235 cm³/mol. The van der Waals surface area contributed by atoms with Crippen molar-refractivity contribution in [3.8, 4) is 33.6 Å². The Morgan fingerprint density at radius 1 is 0.629 bits per heavy atom. The summed E-state index contributed by atoms with van der Waals surface area (Å²) < 4.78 is 9.81. The number of nitrogens with zero attached hydrogens (tertiary/aromatic N) is 4. The Balaban J connectivity index is 0.903. The first kappa shape index (κ1) is 43.0. The van der Waals surface area contributed by atoms with Crippen LogP contribution in [0.3, 0.4) is 0 Å². The van der Waals surface area contributed by atoms with Gasteiger partial charge in [0.1, 0.15) is 23.7 Å². The maximum Gasteiger partial charge on any atom is 0.407 e. The number of amides is 4. The van der Waals surface area contributed by atoms with Crippen LogP contribution >= 0.6 is 0 Å². The molecule has 0 aliphatic heterocycles. The lowest BCUT2D eigenvalue weighted by Crippen LogP contribution is -2.56. The first-order valence-corrected chi connectivity index (χ1v) is 22.4. The minimum Gasteiger partial charge on any atom is -0.453 e. The van der Waals surface area contributed by atoms with E-state index in [4.69, 9.17) is 9.47 Å². The molecule has 4 aromatic rings. The topological polar surface area (TPSA) is 175 Å². The van der Waals surface area contributed by atoms with Gasteiger partial charge in [-0.2, -0.15) is 0 Å². The monoisotopic (exact) mass is 846 g/mol. The number of benzene rings is 2.